The van der Waals surface area contributed by atoms with Gasteiger partial charge in [-0.2, -0.15) is 0 Å². The summed E-state index contributed by atoms with van der Waals surface area (Å²) in [5.41, 5.74) is 1.59. The van der Waals surface area contributed by atoms with Crippen molar-refractivity contribution in [3.8, 4) is 11.5 Å². The van der Waals surface area contributed by atoms with Crippen molar-refractivity contribution in [2.45, 2.75) is 32.0 Å². The summed E-state index contributed by atoms with van der Waals surface area (Å²) in [7, 11) is 0. The van der Waals surface area contributed by atoms with Crippen LogP contribution in [0.1, 0.15) is 31.2 Å². The number of nitrogens with one attached hydrogen (secondary N) is 1. The van der Waals surface area contributed by atoms with Crippen LogP contribution in [-0.2, 0) is 4.79 Å². The Balaban J connectivity index is 1.59. The van der Waals surface area contributed by atoms with Gasteiger partial charge in [0.2, 0.25) is 5.91 Å². The third-order valence-electron chi connectivity index (χ3n) is 4.03. The Labute approximate surface area is 160 Å². The van der Waals surface area contributed by atoms with Gasteiger partial charge in [-0.1, -0.05) is 37.7 Å². The molecular formula is C19H20FN3O3S. The molecule has 1 aromatic carbocycles. The highest BCUT2D eigenvalue weighted by molar-refractivity contribution is 7.99. The average Bonchev–Trinajstić information content (AvgIpc) is 3.27. The van der Waals surface area contributed by atoms with Crippen molar-refractivity contribution in [1.82, 2.24) is 15.5 Å². The fourth-order valence-corrected chi connectivity index (χ4v) is 3.21. The van der Waals surface area contributed by atoms with E-state index in [1.165, 1.54) is 12.1 Å². The number of aryl methyl sites for hydroxylation is 1. The monoisotopic (exact) mass is 389 g/mol. The van der Waals surface area contributed by atoms with Crippen molar-refractivity contribution in [2.24, 2.45) is 5.92 Å². The van der Waals surface area contributed by atoms with Crippen LogP contribution in [0.25, 0.3) is 11.5 Å². The summed E-state index contributed by atoms with van der Waals surface area (Å²) in [4.78, 5) is 12.4. The number of benzene rings is 1. The number of carbonyl (C=O) groups is 1. The van der Waals surface area contributed by atoms with E-state index in [1.54, 1.807) is 31.4 Å². The largest absolute Gasteiger partial charge is 0.469 e. The molecule has 1 atom stereocenters. The Morgan fingerprint density at radius 1 is 1.22 bits per heavy atom. The predicted molar refractivity (Wildman–Crippen MR) is 99.6 cm³/mol. The molecule has 3 rings (SSSR count). The second kappa shape index (κ2) is 8.39. The number of halogens is 1. The second-order valence-electron chi connectivity index (χ2n) is 6.39. The second-order valence-corrected chi connectivity index (χ2v) is 7.32. The molecule has 0 aliphatic rings. The highest BCUT2D eigenvalue weighted by Gasteiger charge is 2.20. The van der Waals surface area contributed by atoms with Gasteiger partial charge >= 0.3 is 0 Å². The molecule has 6 nitrogen and oxygen atoms in total. The van der Waals surface area contributed by atoms with Gasteiger partial charge in [0.15, 0.2) is 0 Å². The van der Waals surface area contributed by atoms with E-state index in [-0.39, 0.29) is 29.4 Å². The highest BCUT2D eigenvalue weighted by Crippen LogP contribution is 2.27. The molecule has 0 saturated heterocycles. The van der Waals surface area contributed by atoms with E-state index < -0.39 is 0 Å². The normalized spacial score (nSPS) is 12.3. The van der Waals surface area contributed by atoms with Gasteiger partial charge in [-0.3, -0.25) is 4.79 Å². The summed E-state index contributed by atoms with van der Waals surface area (Å²) in [6.07, 6.45) is 1.55. The molecule has 0 radical (unpaired) electrons. The number of amides is 1. The van der Waals surface area contributed by atoms with Crippen molar-refractivity contribution in [2.75, 3.05) is 5.75 Å². The van der Waals surface area contributed by atoms with Crippen molar-refractivity contribution >= 4 is 17.7 Å². The van der Waals surface area contributed by atoms with Gasteiger partial charge in [-0.15, -0.1) is 10.2 Å². The lowest BCUT2D eigenvalue weighted by molar-refractivity contribution is -0.119. The highest BCUT2D eigenvalue weighted by atomic mass is 32.2. The first-order valence-corrected chi connectivity index (χ1v) is 9.48. The molecule has 1 N–H and O–H groups in total. The summed E-state index contributed by atoms with van der Waals surface area (Å²) < 4.78 is 23.9. The minimum atomic E-state index is -0.303. The van der Waals surface area contributed by atoms with E-state index >= 15 is 0 Å². The number of nitrogens with zero attached hydrogens (tertiary/aromatic N) is 2. The Bertz CT molecular complexity index is 905. The molecule has 2 aromatic heterocycles. The molecule has 0 spiro atoms. The van der Waals surface area contributed by atoms with E-state index in [1.807, 2.05) is 13.8 Å². The third-order valence-corrected chi connectivity index (χ3v) is 4.85. The molecule has 0 aliphatic carbocycles. The fraction of sp³-hybridized carbons (Fsp3) is 0.316. The summed E-state index contributed by atoms with van der Waals surface area (Å²) >= 11 is 1.16. The first-order chi connectivity index (χ1) is 12.9. The van der Waals surface area contributed by atoms with E-state index in [4.69, 9.17) is 8.83 Å². The number of thioether (sulfide) groups is 1. The van der Waals surface area contributed by atoms with Crippen LogP contribution < -0.4 is 5.32 Å². The number of aromatic nitrogens is 2. The van der Waals surface area contributed by atoms with Crippen molar-refractivity contribution in [3.05, 3.63) is 53.7 Å². The van der Waals surface area contributed by atoms with Gasteiger partial charge < -0.3 is 14.2 Å². The number of hydrogen-bond donors (Lipinski definition) is 1. The van der Waals surface area contributed by atoms with Crippen LogP contribution in [0.2, 0.25) is 0 Å². The maximum Gasteiger partial charge on any atom is 0.277 e. The lowest BCUT2D eigenvalue weighted by atomic mass is 9.96. The molecule has 8 heteroatoms. The Morgan fingerprint density at radius 3 is 2.59 bits per heavy atom. The minimum Gasteiger partial charge on any atom is -0.469 e. The van der Waals surface area contributed by atoms with Crippen LogP contribution in [0.5, 0.6) is 0 Å². The zero-order valence-corrected chi connectivity index (χ0v) is 16.0. The summed E-state index contributed by atoms with van der Waals surface area (Å²) in [6.45, 7) is 5.80. The maximum absolute atomic E-state index is 13.1. The summed E-state index contributed by atoms with van der Waals surface area (Å²) in [5, 5.41) is 11.2. The SMILES string of the molecule is Cc1occc1-c1nnc(SCC(=O)NC(c2ccc(F)cc2)C(C)C)o1. The molecule has 27 heavy (non-hydrogen) atoms. The maximum atomic E-state index is 13.1. The van der Waals surface area contributed by atoms with Crippen LogP contribution in [0.3, 0.4) is 0 Å². The Hall–Kier alpha value is -2.61. The summed E-state index contributed by atoms with van der Waals surface area (Å²) in [6, 6.07) is 7.70. The molecule has 2 heterocycles. The molecule has 142 valence electrons. The van der Waals surface area contributed by atoms with Gasteiger partial charge in [0, 0.05) is 0 Å². The smallest absolute Gasteiger partial charge is 0.277 e. The molecule has 0 aliphatic heterocycles. The van der Waals surface area contributed by atoms with Crippen LogP contribution in [0.15, 0.2) is 50.7 Å². The topological polar surface area (TPSA) is 81.2 Å². The molecule has 1 unspecified atom stereocenters. The molecule has 3 aromatic rings. The first kappa shape index (κ1) is 19.2. The molecule has 1 amide bonds. The summed E-state index contributed by atoms with van der Waals surface area (Å²) in [5.74, 6) is 0.868. The fourth-order valence-electron chi connectivity index (χ4n) is 2.63. The Kier molecular flexibility index (Phi) is 5.95. The minimum absolute atomic E-state index is 0.135. The number of hydrogen-bond acceptors (Lipinski definition) is 6. The predicted octanol–water partition coefficient (Wildman–Crippen LogP) is 4.38. The van der Waals surface area contributed by atoms with Crippen molar-refractivity contribution < 1.29 is 18.0 Å². The number of carbonyl (C=O) groups excluding carboxylic acids is 1. The van der Waals surface area contributed by atoms with Crippen molar-refractivity contribution in [3.63, 3.8) is 0 Å². The lowest BCUT2D eigenvalue weighted by Gasteiger charge is -2.22. The van der Waals surface area contributed by atoms with E-state index in [9.17, 15) is 9.18 Å². The van der Waals surface area contributed by atoms with Gasteiger partial charge in [-0.05, 0) is 36.6 Å². The standard InChI is InChI=1S/C19H20FN3O3S/c1-11(2)17(13-4-6-14(20)7-5-13)21-16(24)10-27-19-23-22-18(26-19)15-8-9-25-12(15)3/h4-9,11,17H,10H2,1-3H3,(H,21,24). The third kappa shape index (κ3) is 4.77. The Morgan fingerprint density at radius 2 is 1.96 bits per heavy atom. The van der Waals surface area contributed by atoms with E-state index in [0.29, 0.717) is 16.9 Å². The number of rotatable bonds is 7. The van der Waals surface area contributed by atoms with Crippen LogP contribution >= 0.6 is 11.8 Å². The van der Waals surface area contributed by atoms with Crippen LogP contribution in [0, 0.1) is 18.7 Å². The number of furan rings is 1. The molecule has 0 bridgehead atoms. The first-order valence-electron chi connectivity index (χ1n) is 8.49. The van der Waals surface area contributed by atoms with E-state index in [0.717, 1.165) is 22.9 Å². The van der Waals surface area contributed by atoms with E-state index in [2.05, 4.69) is 15.5 Å². The lowest BCUT2D eigenvalue weighted by Crippen LogP contribution is -2.33. The molecule has 0 saturated carbocycles. The van der Waals surface area contributed by atoms with Crippen LogP contribution in [0.4, 0.5) is 4.39 Å². The van der Waals surface area contributed by atoms with Gasteiger partial charge in [0.05, 0.1) is 23.6 Å². The van der Waals surface area contributed by atoms with Crippen LogP contribution in [-0.4, -0.2) is 21.9 Å². The van der Waals surface area contributed by atoms with Crippen molar-refractivity contribution in [1.29, 1.82) is 0 Å². The zero-order valence-electron chi connectivity index (χ0n) is 15.2. The zero-order chi connectivity index (χ0) is 19.4. The molecule has 0 fully saturated rings. The molecular weight excluding hydrogens is 369 g/mol. The average molecular weight is 389 g/mol. The van der Waals surface area contributed by atoms with Gasteiger partial charge in [-0.25, -0.2) is 4.39 Å². The van der Waals surface area contributed by atoms with Gasteiger partial charge in [0.1, 0.15) is 11.6 Å². The quantitative estimate of drug-likeness (QED) is 0.604. The van der Waals surface area contributed by atoms with Gasteiger partial charge in [0.25, 0.3) is 11.1 Å².